The minimum absolute atomic E-state index is 0.164. The van der Waals surface area contributed by atoms with Crippen LogP contribution in [0.25, 0.3) is 0 Å². The van der Waals surface area contributed by atoms with E-state index >= 15 is 0 Å². The fourth-order valence-electron chi connectivity index (χ4n) is 2.51. The highest BCUT2D eigenvalue weighted by molar-refractivity contribution is 9.10. The second kappa shape index (κ2) is 4.93. The maximum atomic E-state index is 12.4. The lowest BCUT2D eigenvalue weighted by Gasteiger charge is -2.04. The first kappa shape index (κ1) is 12.6. The summed E-state index contributed by atoms with van der Waals surface area (Å²) in [5.74, 6) is 0.848. The van der Waals surface area contributed by atoms with Crippen molar-refractivity contribution < 1.29 is 4.79 Å². The number of ketones is 1. The Morgan fingerprint density at radius 1 is 1.16 bits per heavy atom. The number of hydrogen-bond acceptors (Lipinski definition) is 1. The van der Waals surface area contributed by atoms with Gasteiger partial charge in [0.05, 0.1) is 0 Å². The van der Waals surface area contributed by atoms with Crippen molar-refractivity contribution in [3.63, 3.8) is 0 Å². The molecule has 2 atom stereocenters. The van der Waals surface area contributed by atoms with E-state index in [4.69, 9.17) is 0 Å². The lowest BCUT2D eigenvalue weighted by molar-refractivity contribution is 0.0965. The molecule has 0 aromatic heterocycles. The molecule has 96 valence electrons. The van der Waals surface area contributed by atoms with Crippen molar-refractivity contribution in [2.24, 2.45) is 5.92 Å². The van der Waals surface area contributed by atoms with E-state index in [2.05, 4.69) is 28.1 Å². The zero-order valence-corrected chi connectivity index (χ0v) is 12.4. The third-order valence-corrected chi connectivity index (χ3v) is 4.67. The highest BCUT2D eigenvalue weighted by atomic mass is 79.9. The zero-order chi connectivity index (χ0) is 13.4. The predicted molar refractivity (Wildman–Crippen MR) is 80.5 cm³/mol. The molecule has 1 nitrogen and oxygen atoms in total. The summed E-state index contributed by atoms with van der Waals surface area (Å²) in [6.45, 7) is 2.03. The van der Waals surface area contributed by atoms with E-state index in [1.165, 1.54) is 5.56 Å². The van der Waals surface area contributed by atoms with Crippen molar-refractivity contribution in [2.45, 2.75) is 19.3 Å². The van der Waals surface area contributed by atoms with Crippen LogP contribution in [-0.2, 0) is 0 Å². The summed E-state index contributed by atoms with van der Waals surface area (Å²) in [5.41, 5.74) is 3.26. The minimum Gasteiger partial charge on any atom is -0.294 e. The molecule has 0 amide bonds. The van der Waals surface area contributed by atoms with Gasteiger partial charge in [-0.15, -0.1) is 0 Å². The van der Waals surface area contributed by atoms with Crippen LogP contribution in [-0.4, -0.2) is 5.78 Å². The van der Waals surface area contributed by atoms with Crippen LogP contribution in [0, 0.1) is 12.8 Å². The third kappa shape index (κ3) is 2.50. The molecule has 0 aliphatic heterocycles. The van der Waals surface area contributed by atoms with Gasteiger partial charge in [-0.2, -0.15) is 0 Å². The van der Waals surface area contributed by atoms with E-state index in [1.807, 2.05) is 43.3 Å². The highest BCUT2D eigenvalue weighted by Crippen LogP contribution is 2.49. The predicted octanol–water partition coefficient (Wildman–Crippen LogP) is 4.74. The molecule has 19 heavy (non-hydrogen) atoms. The third-order valence-electron chi connectivity index (χ3n) is 3.81. The van der Waals surface area contributed by atoms with Gasteiger partial charge in [-0.25, -0.2) is 0 Å². The fraction of sp³-hybridized carbons (Fsp3) is 0.235. The summed E-state index contributed by atoms with van der Waals surface area (Å²) in [4.78, 5) is 12.4. The molecular weight excluding hydrogens is 300 g/mol. The second-order valence-corrected chi connectivity index (χ2v) is 6.04. The lowest BCUT2D eigenvalue weighted by atomic mass is 10.0. The van der Waals surface area contributed by atoms with E-state index in [0.717, 1.165) is 22.0 Å². The van der Waals surface area contributed by atoms with Crippen LogP contribution in [0.2, 0.25) is 0 Å². The van der Waals surface area contributed by atoms with Crippen molar-refractivity contribution >= 4 is 21.7 Å². The van der Waals surface area contributed by atoms with Crippen molar-refractivity contribution in [3.05, 3.63) is 69.7 Å². The van der Waals surface area contributed by atoms with E-state index < -0.39 is 0 Å². The molecule has 0 bridgehead atoms. The van der Waals surface area contributed by atoms with E-state index in [9.17, 15) is 4.79 Å². The number of aryl methyl sites for hydroxylation is 1. The molecule has 0 spiro atoms. The van der Waals surface area contributed by atoms with Crippen LogP contribution in [0.5, 0.6) is 0 Å². The highest BCUT2D eigenvalue weighted by Gasteiger charge is 2.43. The maximum Gasteiger partial charge on any atom is 0.166 e. The van der Waals surface area contributed by atoms with Gasteiger partial charge in [0.1, 0.15) is 0 Å². The minimum atomic E-state index is 0.164. The number of rotatable bonds is 3. The summed E-state index contributed by atoms with van der Waals surface area (Å²) in [6.07, 6.45) is 0.980. The molecule has 0 radical (unpaired) electrons. The number of carbonyl (C=O) groups is 1. The van der Waals surface area contributed by atoms with E-state index in [0.29, 0.717) is 5.92 Å². The number of Topliss-reactive ketones (excluding diaryl/α,β-unsaturated/α-hetero) is 1. The normalized spacial score (nSPS) is 21.2. The molecule has 1 saturated carbocycles. The zero-order valence-electron chi connectivity index (χ0n) is 10.8. The first-order valence-electron chi connectivity index (χ1n) is 6.52. The summed E-state index contributed by atoms with van der Waals surface area (Å²) in [6, 6.07) is 16.2. The maximum absolute atomic E-state index is 12.4. The summed E-state index contributed by atoms with van der Waals surface area (Å²) in [5, 5.41) is 0. The molecule has 1 aliphatic rings. The van der Waals surface area contributed by atoms with Crippen LogP contribution in [0.3, 0.4) is 0 Å². The smallest absolute Gasteiger partial charge is 0.166 e. The molecule has 1 fully saturated rings. The van der Waals surface area contributed by atoms with Gasteiger partial charge >= 0.3 is 0 Å². The van der Waals surface area contributed by atoms with Gasteiger partial charge in [0, 0.05) is 16.0 Å². The first-order chi connectivity index (χ1) is 9.16. The molecule has 0 N–H and O–H groups in total. The Hall–Kier alpha value is -1.41. The summed E-state index contributed by atoms with van der Waals surface area (Å²) in [7, 11) is 0. The van der Waals surface area contributed by atoms with E-state index in [-0.39, 0.29) is 11.7 Å². The van der Waals surface area contributed by atoms with Gasteiger partial charge in [-0.05, 0) is 36.5 Å². The van der Waals surface area contributed by atoms with Crippen LogP contribution in [0.4, 0.5) is 0 Å². The van der Waals surface area contributed by atoms with Crippen molar-refractivity contribution in [1.82, 2.24) is 0 Å². The standard InChI is InChI=1S/C17H15BrO/c1-11-7-8-13(9-16(11)18)17(19)15-10-14(15)12-5-3-2-4-6-12/h2-9,14-15H,10H2,1H3. The molecule has 2 aromatic rings. The largest absolute Gasteiger partial charge is 0.294 e. The molecule has 2 aromatic carbocycles. The Balaban J connectivity index is 1.78. The van der Waals surface area contributed by atoms with Crippen LogP contribution in [0.15, 0.2) is 53.0 Å². The van der Waals surface area contributed by atoms with Crippen LogP contribution in [0.1, 0.15) is 33.8 Å². The summed E-state index contributed by atoms with van der Waals surface area (Å²) >= 11 is 3.49. The Kier molecular flexibility index (Phi) is 3.28. The average molecular weight is 315 g/mol. The molecule has 0 saturated heterocycles. The first-order valence-corrected chi connectivity index (χ1v) is 7.31. The molecular formula is C17H15BrO. The van der Waals surface area contributed by atoms with Gasteiger partial charge in [0.15, 0.2) is 5.78 Å². The van der Waals surface area contributed by atoms with Gasteiger partial charge < -0.3 is 0 Å². The van der Waals surface area contributed by atoms with Gasteiger partial charge in [-0.3, -0.25) is 4.79 Å². The number of hydrogen-bond donors (Lipinski definition) is 0. The fourth-order valence-corrected chi connectivity index (χ4v) is 2.89. The van der Waals surface area contributed by atoms with Gasteiger partial charge in [0.25, 0.3) is 0 Å². The Labute approximate surface area is 121 Å². The Morgan fingerprint density at radius 3 is 2.58 bits per heavy atom. The molecule has 2 heteroatoms. The Morgan fingerprint density at radius 2 is 1.89 bits per heavy atom. The van der Waals surface area contributed by atoms with Crippen molar-refractivity contribution in [1.29, 1.82) is 0 Å². The number of halogens is 1. The summed E-state index contributed by atoms with van der Waals surface area (Å²) < 4.78 is 1.01. The lowest BCUT2D eigenvalue weighted by Crippen LogP contribution is -2.03. The number of benzene rings is 2. The topological polar surface area (TPSA) is 17.1 Å². The average Bonchev–Trinajstić information content (AvgIpc) is 3.22. The van der Waals surface area contributed by atoms with Crippen LogP contribution < -0.4 is 0 Å². The second-order valence-electron chi connectivity index (χ2n) is 5.19. The van der Waals surface area contributed by atoms with E-state index in [1.54, 1.807) is 0 Å². The van der Waals surface area contributed by atoms with Crippen molar-refractivity contribution in [2.75, 3.05) is 0 Å². The molecule has 2 unspecified atom stereocenters. The van der Waals surface area contributed by atoms with Gasteiger partial charge in [-0.1, -0.05) is 58.4 Å². The SMILES string of the molecule is Cc1ccc(C(=O)C2CC2c2ccccc2)cc1Br. The molecule has 1 aliphatic carbocycles. The quantitative estimate of drug-likeness (QED) is 0.748. The van der Waals surface area contributed by atoms with Crippen molar-refractivity contribution in [3.8, 4) is 0 Å². The molecule has 3 rings (SSSR count). The van der Waals surface area contributed by atoms with Crippen LogP contribution >= 0.6 is 15.9 Å². The van der Waals surface area contributed by atoms with Gasteiger partial charge in [0.2, 0.25) is 0 Å². The molecule has 0 heterocycles. The number of carbonyl (C=O) groups excluding carboxylic acids is 1. The Bertz CT molecular complexity index is 618. The monoisotopic (exact) mass is 314 g/mol.